The molecule has 1 spiro atoms. The molecule has 2 aliphatic heterocycles. The summed E-state index contributed by atoms with van der Waals surface area (Å²) >= 11 is 19.1. The minimum atomic E-state index is -0.576. The highest BCUT2D eigenvalue weighted by Crippen LogP contribution is 2.51. The van der Waals surface area contributed by atoms with Gasteiger partial charge in [0.15, 0.2) is 0 Å². The molecule has 0 radical (unpaired) electrons. The van der Waals surface area contributed by atoms with E-state index in [1.165, 1.54) is 12.3 Å². The van der Waals surface area contributed by atoms with Crippen LogP contribution in [0.2, 0.25) is 15.1 Å². The molecule has 0 saturated carbocycles. The van der Waals surface area contributed by atoms with E-state index in [1.807, 2.05) is 30.3 Å². The van der Waals surface area contributed by atoms with Crippen LogP contribution in [-0.4, -0.2) is 42.1 Å². The van der Waals surface area contributed by atoms with Crippen molar-refractivity contribution in [2.75, 3.05) is 31.1 Å². The van der Waals surface area contributed by atoms with Gasteiger partial charge in [-0.3, -0.25) is 9.80 Å². The van der Waals surface area contributed by atoms with Crippen molar-refractivity contribution in [1.29, 1.82) is 0 Å². The molecule has 5 nitrogen and oxygen atoms in total. The van der Waals surface area contributed by atoms with E-state index in [2.05, 4.69) is 27.4 Å². The van der Waals surface area contributed by atoms with Crippen LogP contribution in [0.3, 0.4) is 0 Å². The molecule has 0 aliphatic carbocycles. The number of urea groups is 1. The van der Waals surface area contributed by atoms with Gasteiger partial charge in [-0.15, -0.1) is 0 Å². The summed E-state index contributed by atoms with van der Waals surface area (Å²) in [7, 11) is 0. The number of nitrogens with one attached hydrogen (secondary N) is 1. The number of nitrogens with zero attached hydrogens (tertiary/aromatic N) is 3. The lowest BCUT2D eigenvalue weighted by molar-refractivity contribution is 0.180. The van der Waals surface area contributed by atoms with Crippen LogP contribution in [0, 0.1) is 5.95 Å². The van der Waals surface area contributed by atoms with Crippen molar-refractivity contribution in [2.45, 2.75) is 24.8 Å². The number of amides is 2. The third-order valence-corrected chi connectivity index (χ3v) is 8.25. The van der Waals surface area contributed by atoms with Crippen LogP contribution in [0.15, 0.2) is 60.8 Å². The van der Waals surface area contributed by atoms with Crippen molar-refractivity contribution in [1.82, 2.24) is 15.2 Å². The van der Waals surface area contributed by atoms with Crippen LogP contribution < -0.4 is 10.2 Å². The summed E-state index contributed by atoms with van der Waals surface area (Å²) in [5.41, 5.74) is 3.21. The number of benzene rings is 2. The Bertz CT molecular complexity index is 1320. The summed E-state index contributed by atoms with van der Waals surface area (Å²) < 4.78 is 13.4. The van der Waals surface area contributed by atoms with E-state index in [1.54, 1.807) is 17.0 Å². The molecular weight excluding hydrogens is 534 g/mol. The Morgan fingerprint density at radius 3 is 2.57 bits per heavy atom. The van der Waals surface area contributed by atoms with Gasteiger partial charge in [0.05, 0.1) is 15.7 Å². The van der Waals surface area contributed by atoms with Crippen molar-refractivity contribution in [3.05, 3.63) is 98.5 Å². The molecule has 192 valence electrons. The molecule has 0 unspecified atom stereocenters. The monoisotopic (exact) mass is 558 g/mol. The fraction of sp³-hybridized carbons (Fsp3) is 0.286. The topological polar surface area (TPSA) is 48.5 Å². The Labute approximate surface area is 230 Å². The standard InChI is InChI=1S/C28H26Cl3FN4O/c29-21-5-3-19(4-6-21)2-1-13-35-14-10-28(11-15-35)18-36(23-8-7-22(30)26(31)25(23)28)27(37)34-17-20-9-12-33-24(32)16-20/h1-9,12,16H,10-11,13-15,17-18H2,(H,34,37). The average Bonchev–Trinajstić information content (AvgIpc) is 3.21. The first kappa shape index (κ1) is 26.0. The fourth-order valence-electron chi connectivity index (χ4n) is 5.23. The molecule has 2 aromatic carbocycles. The molecular formula is C28H26Cl3FN4O. The van der Waals surface area contributed by atoms with E-state index in [0.29, 0.717) is 22.2 Å². The van der Waals surface area contributed by atoms with E-state index in [0.717, 1.165) is 54.3 Å². The predicted molar refractivity (Wildman–Crippen MR) is 148 cm³/mol. The minimum Gasteiger partial charge on any atom is -0.334 e. The normalized spacial score (nSPS) is 16.9. The van der Waals surface area contributed by atoms with Crippen LogP contribution in [0.1, 0.15) is 29.5 Å². The summed E-state index contributed by atoms with van der Waals surface area (Å²) in [6.45, 7) is 3.30. The number of rotatable bonds is 5. The lowest BCUT2D eigenvalue weighted by Gasteiger charge is -2.39. The van der Waals surface area contributed by atoms with Gasteiger partial charge in [-0.05, 0) is 73.5 Å². The quantitative estimate of drug-likeness (QED) is 0.344. The lowest BCUT2D eigenvalue weighted by atomic mass is 9.74. The smallest absolute Gasteiger partial charge is 0.322 e. The number of carbonyl (C=O) groups is 1. The third-order valence-electron chi connectivity index (χ3n) is 7.19. The highest BCUT2D eigenvalue weighted by molar-refractivity contribution is 6.43. The van der Waals surface area contributed by atoms with E-state index in [-0.39, 0.29) is 18.0 Å². The van der Waals surface area contributed by atoms with E-state index < -0.39 is 5.95 Å². The van der Waals surface area contributed by atoms with Crippen molar-refractivity contribution in [2.24, 2.45) is 0 Å². The van der Waals surface area contributed by atoms with E-state index in [4.69, 9.17) is 34.8 Å². The van der Waals surface area contributed by atoms with Gasteiger partial charge in [-0.25, -0.2) is 9.78 Å². The molecule has 2 amide bonds. The summed E-state index contributed by atoms with van der Waals surface area (Å²) in [6.07, 6.45) is 7.36. The van der Waals surface area contributed by atoms with Crippen molar-refractivity contribution in [3.8, 4) is 0 Å². The van der Waals surface area contributed by atoms with Gasteiger partial charge in [0.25, 0.3) is 0 Å². The van der Waals surface area contributed by atoms with E-state index in [9.17, 15) is 9.18 Å². The van der Waals surface area contributed by atoms with Gasteiger partial charge in [-0.2, -0.15) is 4.39 Å². The van der Waals surface area contributed by atoms with Crippen LogP contribution in [0.25, 0.3) is 6.08 Å². The number of fused-ring (bicyclic) bond motifs is 2. The highest BCUT2D eigenvalue weighted by atomic mass is 35.5. The van der Waals surface area contributed by atoms with Gasteiger partial charge < -0.3 is 5.32 Å². The molecule has 1 N–H and O–H groups in total. The first-order chi connectivity index (χ1) is 17.8. The number of pyridine rings is 1. The zero-order chi connectivity index (χ0) is 26.0. The molecule has 3 heterocycles. The lowest BCUT2D eigenvalue weighted by Crippen LogP contribution is -2.47. The van der Waals surface area contributed by atoms with Gasteiger partial charge in [0.2, 0.25) is 5.95 Å². The molecule has 0 atom stereocenters. The number of carbonyl (C=O) groups excluding carboxylic acids is 1. The summed E-state index contributed by atoms with van der Waals surface area (Å²) in [4.78, 5) is 21.0. The van der Waals surface area contributed by atoms with Crippen LogP contribution in [0.5, 0.6) is 0 Å². The van der Waals surface area contributed by atoms with Crippen LogP contribution in [-0.2, 0) is 12.0 Å². The fourth-order valence-corrected chi connectivity index (χ4v) is 5.87. The second kappa shape index (κ2) is 11.0. The number of hydrogen-bond donors (Lipinski definition) is 1. The second-order valence-corrected chi connectivity index (χ2v) is 10.7. The SMILES string of the molecule is O=C(NCc1ccnc(F)c1)N1CC2(CCN(CC=Cc3ccc(Cl)cc3)CC2)c2c1ccc(Cl)c2Cl. The number of hydrogen-bond acceptors (Lipinski definition) is 3. The summed E-state index contributed by atoms with van der Waals surface area (Å²) in [6, 6.07) is 14.1. The van der Waals surface area contributed by atoms with Crippen LogP contribution >= 0.6 is 34.8 Å². The Balaban J connectivity index is 1.28. The molecule has 0 bridgehead atoms. The van der Waals surface area contributed by atoms with Crippen LogP contribution in [0.4, 0.5) is 14.9 Å². The zero-order valence-corrected chi connectivity index (χ0v) is 22.3. The average molecular weight is 560 g/mol. The van der Waals surface area contributed by atoms with Crippen molar-refractivity contribution >= 4 is 52.6 Å². The third kappa shape index (κ3) is 5.63. The molecule has 9 heteroatoms. The number of halogens is 4. The first-order valence-corrected chi connectivity index (χ1v) is 13.3. The van der Waals surface area contributed by atoms with Gasteiger partial charge >= 0.3 is 6.03 Å². The summed E-state index contributed by atoms with van der Waals surface area (Å²) in [5.74, 6) is -0.576. The molecule has 37 heavy (non-hydrogen) atoms. The predicted octanol–water partition coefficient (Wildman–Crippen LogP) is 6.96. The van der Waals surface area contributed by atoms with Gasteiger partial charge in [0.1, 0.15) is 0 Å². The maximum atomic E-state index is 13.4. The van der Waals surface area contributed by atoms with Crippen molar-refractivity contribution in [3.63, 3.8) is 0 Å². The Morgan fingerprint density at radius 1 is 1.08 bits per heavy atom. The second-order valence-electron chi connectivity index (χ2n) is 9.52. The van der Waals surface area contributed by atoms with Gasteiger partial charge in [-0.1, -0.05) is 59.1 Å². The number of piperidine rings is 1. The number of likely N-dealkylation sites (tertiary alicyclic amines) is 1. The molecule has 1 fully saturated rings. The molecule has 5 rings (SSSR count). The molecule has 2 aliphatic rings. The Morgan fingerprint density at radius 2 is 1.84 bits per heavy atom. The van der Waals surface area contributed by atoms with Crippen molar-refractivity contribution < 1.29 is 9.18 Å². The molecule has 1 aromatic heterocycles. The number of aromatic nitrogens is 1. The summed E-state index contributed by atoms with van der Waals surface area (Å²) in [5, 5.41) is 4.64. The Kier molecular flexibility index (Phi) is 7.72. The number of anilines is 1. The van der Waals surface area contributed by atoms with E-state index >= 15 is 0 Å². The maximum absolute atomic E-state index is 13.4. The molecule has 1 saturated heterocycles. The maximum Gasteiger partial charge on any atom is 0.322 e. The largest absolute Gasteiger partial charge is 0.334 e. The first-order valence-electron chi connectivity index (χ1n) is 12.1. The molecule has 3 aromatic rings. The highest BCUT2D eigenvalue weighted by Gasteiger charge is 2.48. The minimum absolute atomic E-state index is 0.201. The Hall–Kier alpha value is -2.64. The van der Waals surface area contributed by atoms with Gasteiger partial charge in [0, 0.05) is 41.8 Å². The zero-order valence-electron chi connectivity index (χ0n) is 20.1.